The number of halogens is 2. The molecule has 0 aliphatic heterocycles. The molecule has 0 saturated carbocycles. The van der Waals surface area contributed by atoms with Crippen LogP contribution in [-0.2, 0) is 0 Å². The number of nitriles is 2. The van der Waals surface area contributed by atoms with E-state index in [2.05, 4.69) is 17.0 Å². The smallest absolute Gasteiger partial charge is 0.274 e. The number of benzene rings is 2. The number of nitrogens with zero attached hydrogens (tertiary/aromatic N) is 3. The molecule has 2 aromatic rings. The maximum absolute atomic E-state index is 9.36. The second-order valence-electron chi connectivity index (χ2n) is 7.80. The van der Waals surface area contributed by atoms with Crippen molar-refractivity contribution in [1.82, 2.24) is 0 Å². The summed E-state index contributed by atoms with van der Waals surface area (Å²) in [7, 11) is 0. The van der Waals surface area contributed by atoms with Crippen LogP contribution in [0.25, 0.3) is 10.4 Å². The normalized spacial score (nSPS) is 13.2. The van der Waals surface area contributed by atoms with Gasteiger partial charge in [0, 0.05) is 16.5 Å². The van der Waals surface area contributed by atoms with Gasteiger partial charge in [-0.15, -0.1) is 0 Å². The van der Waals surface area contributed by atoms with Crippen molar-refractivity contribution in [2.45, 2.75) is 51.4 Å². The zero-order valence-corrected chi connectivity index (χ0v) is 20.1. The minimum atomic E-state index is -0.829. The molecule has 0 radical (unpaired) electrons. The molecule has 3 unspecified atom stereocenters. The molecule has 6 N–H and O–H groups in total. The van der Waals surface area contributed by atoms with Crippen molar-refractivity contribution in [3.8, 4) is 12.1 Å². The van der Waals surface area contributed by atoms with E-state index >= 15 is 0 Å². The summed E-state index contributed by atoms with van der Waals surface area (Å²) in [6.07, 6.45) is 3.40. The minimum Gasteiger partial charge on any atom is -0.312 e. The molecule has 3 atom stereocenters. The second kappa shape index (κ2) is 11.8. The number of allylic oxidation sites excluding steroid dienone is 1. The molecule has 0 aromatic heterocycles. The van der Waals surface area contributed by atoms with E-state index in [4.69, 9.17) is 47.0 Å². The predicted molar refractivity (Wildman–Crippen MR) is 133 cm³/mol. The fourth-order valence-electron chi connectivity index (χ4n) is 3.54. The summed E-state index contributed by atoms with van der Waals surface area (Å²) < 4.78 is 0. The van der Waals surface area contributed by atoms with E-state index < -0.39 is 18.2 Å². The van der Waals surface area contributed by atoms with E-state index in [1.165, 1.54) is 0 Å². The minimum absolute atomic E-state index is 0.487. The summed E-state index contributed by atoms with van der Waals surface area (Å²) in [5.41, 5.74) is 22.8. The van der Waals surface area contributed by atoms with Crippen molar-refractivity contribution in [2.24, 2.45) is 17.2 Å². The van der Waals surface area contributed by atoms with Gasteiger partial charge in [-0.05, 0) is 89.9 Å². The summed E-state index contributed by atoms with van der Waals surface area (Å²) in [5, 5.41) is 19.7. The molecule has 0 spiro atoms. The van der Waals surface area contributed by atoms with Crippen LogP contribution in [0.4, 0.5) is 0 Å². The lowest BCUT2D eigenvalue weighted by Crippen LogP contribution is -2.13. The van der Waals surface area contributed by atoms with E-state index in [1.54, 1.807) is 0 Å². The highest BCUT2D eigenvalue weighted by Gasteiger charge is 2.18. The molecule has 0 amide bonds. The van der Waals surface area contributed by atoms with Gasteiger partial charge in [-0.2, -0.15) is 10.5 Å². The molecule has 0 bridgehead atoms. The number of hydrogen-bond donors (Lipinski definition) is 3. The Hall–Kier alpha value is -2.89. The van der Waals surface area contributed by atoms with Crippen molar-refractivity contribution >= 4 is 28.8 Å². The Morgan fingerprint density at radius 2 is 1.42 bits per heavy atom. The average molecular weight is 481 g/mol. The molecule has 33 heavy (non-hydrogen) atoms. The highest BCUT2D eigenvalue weighted by Crippen LogP contribution is 2.35. The molecule has 0 fully saturated rings. The molecule has 0 aliphatic rings. The molecule has 2 aromatic carbocycles. The Morgan fingerprint density at radius 3 is 1.82 bits per heavy atom. The molecule has 2 rings (SSSR count). The van der Waals surface area contributed by atoms with Crippen LogP contribution in [0.15, 0.2) is 30.3 Å². The van der Waals surface area contributed by atoms with E-state index in [0.29, 0.717) is 40.4 Å². The van der Waals surface area contributed by atoms with Crippen molar-refractivity contribution in [3.63, 3.8) is 0 Å². The SMILES string of the molecule is [C-]#[N+]C(N)CCCC=C(c1cc(Cl)c(C)c(C(N)C#N)c1)c1cc(Cl)c(C)c(C(N)C#N)c1. The number of nitrogens with two attached hydrogens (primary N) is 3. The summed E-state index contributed by atoms with van der Waals surface area (Å²) in [6, 6.07) is 9.80. The van der Waals surface area contributed by atoms with Crippen LogP contribution in [0.2, 0.25) is 10.0 Å². The third-order valence-electron chi connectivity index (χ3n) is 5.56. The molecule has 0 heterocycles. The highest BCUT2D eigenvalue weighted by atomic mass is 35.5. The first kappa shape index (κ1) is 26.4. The van der Waals surface area contributed by atoms with Crippen molar-refractivity contribution in [2.75, 3.05) is 0 Å². The Morgan fingerprint density at radius 1 is 0.970 bits per heavy atom. The van der Waals surface area contributed by atoms with Gasteiger partial charge < -0.3 is 11.5 Å². The van der Waals surface area contributed by atoms with Crippen LogP contribution in [0.5, 0.6) is 0 Å². The number of rotatable bonds is 8. The Balaban J connectivity index is 2.68. The van der Waals surface area contributed by atoms with Crippen molar-refractivity contribution in [3.05, 3.63) is 85.2 Å². The Kier molecular flexibility index (Phi) is 9.44. The lowest BCUT2D eigenvalue weighted by atomic mass is 9.89. The quantitative estimate of drug-likeness (QED) is 0.340. The Labute approximate surface area is 205 Å². The van der Waals surface area contributed by atoms with Gasteiger partial charge in [0.15, 0.2) is 0 Å². The first-order valence-electron chi connectivity index (χ1n) is 10.4. The van der Waals surface area contributed by atoms with Crippen molar-refractivity contribution in [1.29, 1.82) is 10.5 Å². The predicted octanol–water partition coefficient (Wildman–Crippen LogP) is 5.46. The van der Waals surface area contributed by atoms with Gasteiger partial charge >= 0.3 is 0 Å². The van der Waals surface area contributed by atoms with E-state index in [1.807, 2.05) is 44.2 Å². The van der Waals surface area contributed by atoms with Crippen LogP contribution >= 0.6 is 23.2 Å². The number of unbranched alkanes of at least 4 members (excludes halogenated alkanes) is 1. The summed E-state index contributed by atoms with van der Waals surface area (Å²) in [5.74, 6) is 0. The Bertz CT molecular complexity index is 1110. The highest BCUT2D eigenvalue weighted by molar-refractivity contribution is 6.32. The third kappa shape index (κ3) is 6.34. The summed E-state index contributed by atoms with van der Waals surface area (Å²) in [6.45, 7) is 10.7. The second-order valence-corrected chi connectivity index (χ2v) is 8.62. The van der Waals surface area contributed by atoms with Gasteiger partial charge in [0.2, 0.25) is 0 Å². The summed E-state index contributed by atoms with van der Waals surface area (Å²) >= 11 is 13.0. The average Bonchev–Trinajstić information content (AvgIpc) is 2.81. The van der Waals surface area contributed by atoms with Crippen LogP contribution in [0, 0.1) is 43.1 Å². The molecule has 0 saturated heterocycles. The monoisotopic (exact) mass is 480 g/mol. The molecule has 170 valence electrons. The van der Waals surface area contributed by atoms with Crippen molar-refractivity contribution < 1.29 is 0 Å². The standard InChI is InChI=1S/C25H26Cl2N6/c1-14-19(23(30)12-28)8-16(10-21(14)26)18(6-4-5-7-25(32)33-3)17-9-20(24(31)13-29)15(2)22(27)11-17/h6,8-11,23-25H,4-5,7,30-32H2,1-2H3. The molecule has 6 nitrogen and oxygen atoms in total. The molecular formula is C25H26Cl2N6. The van der Waals surface area contributed by atoms with Gasteiger partial charge in [-0.1, -0.05) is 29.3 Å². The molecular weight excluding hydrogens is 455 g/mol. The third-order valence-corrected chi connectivity index (χ3v) is 6.34. The van der Waals surface area contributed by atoms with E-state index in [9.17, 15) is 10.5 Å². The van der Waals surface area contributed by atoms with Gasteiger partial charge in [0.05, 0.1) is 12.1 Å². The van der Waals surface area contributed by atoms with Gasteiger partial charge in [0.25, 0.3) is 6.17 Å². The zero-order valence-electron chi connectivity index (χ0n) is 18.6. The van der Waals surface area contributed by atoms with E-state index in [-0.39, 0.29) is 0 Å². The lowest BCUT2D eigenvalue weighted by Gasteiger charge is -2.18. The van der Waals surface area contributed by atoms with Crippen LogP contribution in [0.1, 0.15) is 64.7 Å². The maximum Gasteiger partial charge on any atom is 0.274 e. The fraction of sp³-hybridized carbons (Fsp3) is 0.320. The molecule has 8 heteroatoms. The topological polar surface area (TPSA) is 130 Å². The fourth-order valence-corrected chi connectivity index (χ4v) is 3.99. The molecule has 0 aliphatic carbocycles. The zero-order chi connectivity index (χ0) is 24.7. The lowest BCUT2D eigenvalue weighted by molar-refractivity contribution is 0.671. The van der Waals surface area contributed by atoms with Crippen LogP contribution in [0.3, 0.4) is 0 Å². The summed E-state index contributed by atoms with van der Waals surface area (Å²) in [4.78, 5) is 3.33. The van der Waals surface area contributed by atoms with Gasteiger partial charge in [-0.25, -0.2) is 6.57 Å². The van der Waals surface area contributed by atoms with Gasteiger partial charge in [-0.3, -0.25) is 10.6 Å². The van der Waals surface area contributed by atoms with Crippen LogP contribution in [-0.4, -0.2) is 6.17 Å². The largest absolute Gasteiger partial charge is 0.312 e. The van der Waals surface area contributed by atoms with Gasteiger partial charge in [0.1, 0.15) is 12.1 Å². The number of hydrogen-bond acceptors (Lipinski definition) is 5. The maximum atomic E-state index is 9.36. The first-order chi connectivity index (χ1) is 15.6. The van der Waals surface area contributed by atoms with Crippen LogP contribution < -0.4 is 17.2 Å². The first-order valence-corrected chi connectivity index (χ1v) is 11.1. The van der Waals surface area contributed by atoms with E-state index in [0.717, 1.165) is 27.8 Å².